The first-order chi connectivity index (χ1) is 11.1. The molecule has 0 bridgehead atoms. The van der Waals surface area contributed by atoms with Gasteiger partial charge in [-0.2, -0.15) is 0 Å². The predicted octanol–water partition coefficient (Wildman–Crippen LogP) is 2.04. The number of pyridine rings is 1. The zero-order valence-corrected chi connectivity index (χ0v) is 14.8. The van der Waals surface area contributed by atoms with Crippen LogP contribution in [-0.2, 0) is 11.3 Å². The molecule has 0 aromatic carbocycles. The van der Waals surface area contributed by atoms with Gasteiger partial charge in [-0.15, -0.1) is 0 Å². The normalized spacial score (nSPS) is 18.7. The maximum Gasteiger partial charge on any atom is 0.250 e. The highest BCUT2D eigenvalue weighted by molar-refractivity contribution is 8.77. The van der Waals surface area contributed by atoms with Crippen molar-refractivity contribution in [3.63, 3.8) is 0 Å². The van der Waals surface area contributed by atoms with Crippen molar-refractivity contribution in [2.24, 2.45) is 0 Å². The number of nitrogens with zero attached hydrogens (tertiary/aromatic N) is 1. The number of amides is 1. The Bertz CT molecular complexity index is 544. The van der Waals surface area contributed by atoms with Gasteiger partial charge in [0.05, 0.1) is 12.6 Å². The molecule has 2 rings (SSSR count). The molecule has 7 heteroatoms. The third-order valence-corrected chi connectivity index (χ3v) is 6.76. The smallest absolute Gasteiger partial charge is 0.250 e. The van der Waals surface area contributed by atoms with E-state index in [1.54, 1.807) is 18.3 Å². The summed E-state index contributed by atoms with van der Waals surface area (Å²) in [4.78, 5) is 23.3. The van der Waals surface area contributed by atoms with E-state index < -0.39 is 6.10 Å². The number of carbonyl (C=O) groups excluding carboxylic acids is 1. The Balaban J connectivity index is 1.56. The Morgan fingerprint density at radius 1 is 1.43 bits per heavy atom. The van der Waals surface area contributed by atoms with E-state index in [1.807, 2.05) is 21.6 Å². The number of unbranched alkanes of at least 4 members (excludes halogenated alkanes) is 1. The van der Waals surface area contributed by atoms with Crippen molar-refractivity contribution >= 4 is 27.5 Å². The lowest BCUT2D eigenvalue weighted by atomic mass is 10.1. The van der Waals surface area contributed by atoms with Crippen LogP contribution in [-0.4, -0.2) is 39.2 Å². The Kier molecular flexibility index (Phi) is 8.05. The van der Waals surface area contributed by atoms with Crippen molar-refractivity contribution in [2.75, 3.05) is 12.3 Å². The molecule has 0 saturated carbocycles. The van der Waals surface area contributed by atoms with Crippen LogP contribution in [0.2, 0.25) is 0 Å². The summed E-state index contributed by atoms with van der Waals surface area (Å²) in [5.74, 6) is 1.22. The number of aromatic nitrogens is 1. The highest BCUT2D eigenvalue weighted by atomic mass is 33.1. The van der Waals surface area contributed by atoms with Crippen LogP contribution >= 0.6 is 21.6 Å². The van der Waals surface area contributed by atoms with E-state index in [9.17, 15) is 14.7 Å². The highest BCUT2D eigenvalue weighted by Crippen LogP contribution is 2.39. The topological polar surface area (TPSA) is 71.3 Å². The molecule has 0 radical (unpaired) electrons. The number of hydrogen-bond acceptors (Lipinski definition) is 5. The lowest BCUT2D eigenvalue weighted by molar-refractivity contribution is -0.121. The Hall–Kier alpha value is -0.920. The summed E-state index contributed by atoms with van der Waals surface area (Å²) in [6.07, 6.45) is 5.81. The average molecular weight is 357 g/mol. The van der Waals surface area contributed by atoms with E-state index >= 15 is 0 Å². The maximum absolute atomic E-state index is 11.8. The van der Waals surface area contributed by atoms with E-state index in [4.69, 9.17) is 0 Å². The van der Waals surface area contributed by atoms with Gasteiger partial charge in [0, 0.05) is 36.2 Å². The molecule has 1 aliphatic heterocycles. The van der Waals surface area contributed by atoms with E-state index in [1.165, 1.54) is 29.2 Å². The number of carbonyl (C=O) groups is 1. The molecule has 1 saturated heterocycles. The molecule has 1 aromatic heterocycles. The fraction of sp³-hybridized carbons (Fsp3) is 0.625. The molecule has 2 atom stereocenters. The Morgan fingerprint density at radius 2 is 2.30 bits per heavy atom. The average Bonchev–Trinajstić information content (AvgIpc) is 3.05. The predicted molar refractivity (Wildman–Crippen MR) is 96.6 cm³/mol. The van der Waals surface area contributed by atoms with Gasteiger partial charge in [0.1, 0.15) is 0 Å². The summed E-state index contributed by atoms with van der Waals surface area (Å²) >= 11 is 0. The first-order valence-corrected chi connectivity index (χ1v) is 10.4. The van der Waals surface area contributed by atoms with Gasteiger partial charge in [0.15, 0.2) is 0 Å². The minimum Gasteiger partial charge on any atom is -0.389 e. The Morgan fingerprint density at radius 3 is 3.04 bits per heavy atom. The molecule has 2 N–H and O–H groups in total. The molecule has 2 unspecified atom stereocenters. The van der Waals surface area contributed by atoms with Crippen molar-refractivity contribution in [2.45, 2.75) is 50.0 Å². The summed E-state index contributed by atoms with van der Waals surface area (Å²) in [6, 6.07) is 4.86. The first kappa shape index (κ1) is 18.4. The molecule has 0 aliphatic carbocycles. The van der Waals surface area contributed by atoms with E-state index in [2.05, 4.69) is 5.32 Å². The van der Waals surface area contributed by atoms with Crippen molar-refractivity contribution in [1.29, 1.82) is 0 Å². The van der Waals surface area contributed by atoms with E-state index in [0.29, 0.717) is 6.42 Å². The lowest BCUT2D eigenvalue weighted by Crippen LogP contribution is -2.36. The third-order valence-electron chi connectivity index (χ3n) is 3.75. The highest BCUT2D eigenvalue weighted by Gasteiger charge is 2.16. The first-order valence-electron chi connectivity index (χ1n) is 8.03. The second-order valence-corrected chi connectivity index (χ2v) is 8.51. The third kappa shape index (κ3) is 7.01. The second-order valence-electron chi connectivity index (χ2n) is 5.72. The van der Waals surface area contributed by atoms with Gasteiger partial charge in [-0.25, -0.2) is 0 Å². The molecule has 1 aromatic rings. The van der Waals surface area contributed by atoms with Gasteiger partial charge in [0.2, 0.25) is 5.91 Å². The molecule has 1 aliphatic rings. The van der Waals surface area contributed by atoms with Gasteiger partial charge in [0.25, 0.3) is 5.56 Å². The molecule has 1 fully saturated rings. The quantitative estimate of drug-likeness (QED) is 0.523. The van der Waals surface area contributed by atoms with Gasteiger partial charge in [-0.05, 0) is 25.3 Å². The Labute approximate surface area is 144 Å². The number of rotatable bonds is 9. The molecule has 23 heavy (non-hydrogen) atoms. The fourth-order valence-corrected chi connectivity index (χ4v) is 5.47. The number of aliphatic hydroxyl groups is 1. The summed E-state index contributed by atoms with van der Waals surface area (Å²) in [5.41, 5.74) is -0.152. The number of nitrogens with one attached hydrogen (secondary N) is 1. The number of aliphatic hydroxyl groups excluding tert-OH is 1. The molecular weight excluding hydrogens is 332 g/mol. The molecule has 1 amide bonds. The molecular formula is C16H24N2O3S2. The number of hydrogen-bond donors (Lipinski definition) is 2. The van der Waals surface area contributed by atoms with E-state index in [0.717, 1.165) is 18.1 Å². The molecule has 2 heterocycles. The van der Waals surface area contributed by atoms with Gasteiger partial charge in [-0.3, -0.25) is 9.59 Å². The van der Waals surface area contributed by atoms with Crippen LogP contribution in [0.3, 0.4) is 0 Å². The standard InChI is InChI=1S/C16H24N2O3S2/c19-13(12-18-9-4-3-7-16(18)21)11-17-15(20)6-2-1-5-14-8-10-22-23-14/h3-4,7,9,13-14,19H,1-2,5-6,8,10-12H2,(H,17,20). The van der Waals surface area contributed by atoms with Crippen LogP contribution in [0, 0.1) is 0 Å². The van der Waals surface area contributed by atoms with Crippen molar-refractivity contribution in [1.82, 2.24) is 9.88 Å². The SMILES string of the molecule is O=C(CCCCC1CCSS1)NCC(O)Cn1ccccc1=O. The van der Waals surface area contributed by atoms with Crippen molar-refractivity contribution < 1.29 is 9.90 Å². The van der Waals surface area contributed by atoms with Gasteiger partial charge in [-0.1, -0.05) is 34.1 Å². The summed E-state index contributed by atoms with van der Waals surface area (Å²) < 4.78 is 1.44. The van der Waals surface area contributed by atoms with Gasteiger partial charge < -0.3 is 15.0 Å². The van der Waals surface area contributed by atoms with Crippen LogP contribution in [0.1, 0.15) is 32.1 Å². The van der Waals surface area contributed by atoms with Crippen LogP contribution < -0.4 is 10.9 Å². The van der Waals surface area contributed by atoms with Crippen LogP contribution in [0.15, 0.2) is 29.2 Å². The van der Waals surface area contributed by atoms with Crippen LogP contribution in [0.25, 0.3) is 0 Å². The molecule has 5 nitrogen and oxygen atoms in total. The van der Waals surface area contributed by atoms with Gasteiger partial charge >= 0.3 is 0 Å². The molecule has 0 spiro atoms. The zero-order chi connectivity index (χ0) is 16.5. The van der Waals surface area contributed by atoms with Crippen molar-refractivity contribution in [3.05, 3.63) is 34.7 Å². The monoisotopic (exact) mass is 356 g/mol. The maximum atomic E-state index is 11.8. The zero-order valence-electron chi connectivity index (χ0n) is 13.1. The summed E-state index contributed by atoms with van der Waals surface area (Å²) in [6.45, 7) is 0.367. The van der Waals surface area contributed by atoms with Crippen LogP contribution in [0.4, 0.5) is 0 Å². The second kappa shape index (κ2) is 10.1. The summed E-state index contributed by atoms with van der Waals surface area (Å²) in [7, 11) is 3.92. The van der Waals surface area contributed by atoms with Crippen LogP contribution in [0.5, 0.6) is 0 Å². The summed E-state index contributed by atoms with van der Waals surface area (Å²) in [5, 5.41) is 13.4. The largest absolute Gasteiger partial charge is 0.389 e. The van der Waals surface area contributed by atoms with E-state index in [-0.39, 0.29) is 24.6 Å². The minimum atomic E-state index is -0.758. The minimum absolute atomic E-state index is 0.0297. The van der Waals surface area contributed by atoms with Crippen molar-refractivity contribution in [3.8, 4) is 0 Å². The molecule has 128 valence electrons. The lowest BCUT2D eigenvalue weighted by Gasteiger charge is -2.13. The fourth-order valence-electron chi connectivity index (χ4n) is 2.45.